The van der Waals surface area contributed by atoms with Crippen LogP contribution in [-0.4, -0.2) is 0 Å². The minimum atomic E-state index is 0.826. The summed E-state index contributed by atoms with van der Waals surface area (Å²) in [4.78, 5) is 0. The Morgan fingerprint density at radius 1 is 0.800 bits per heavy atom. The predicted molar refractivity (Wildman–Crippen MR) is 88.3 cm³/mol. The normalized spacial score (nSPS) is 10.7. The number of benzene rings is 2. The van der Waals surface area contributed by atoms with Crippen LogP contribution in [0.25, 0.3) is 0 Å². The number of hydrogen-bond acceptors (Lipinski definition) is 2. The molecule has 0 aromatic heterocycles. The Hall–Kier alpha value is -1.96. The molecule has 0 unspecified atom stereocenters. The first-order valence-corrected chi connectivity index (χ1v) is 7.06. The summed E-state index contributed by atoms with van der Waals surface area (Å²) < 4.78 is 0. The van der Waals surface area contributed by atoms with Gasteiger partial charge < -0.3 is 11.1 Å². The molecule has 2 nitrogen and oxygen atoms in total. The number of nitrogens with one attached hydrogen (secondary N) is 1. The van der Waals surface area contributed by atoms with Crippen molar-refractivity contribution < 1.29 is 0 Å². The van der Waals surface area contributed by atoms with Gasteiger partial charge in [-0.2, -0.15) is 0 Å². The van der Waals surface area contributed by atoms with Crippen molar-refractivity contribution in [2.24, 2.45) is 0 Å². The van der Waals surface area contributed by atoms with E-state index < -0.39 is 0 Å². The van der Waals surface area contributed by atoms with E-state index in [-0.39, 0.29) is 0 Å². The summed E-state index contributed by atoms with van der Waals surface area (Å²) in [7, 11) is 0. The van der Waals surface area contributed by atoms with Crippen molar-refractivity contribution >= 4 is 11.4 Å². The van der Waals surface area contributed by atoms with Crippen molar-refractivity contribution in [3.05, 3.63) is 57.6 Å². The lowest BCUT2D eigenvalue weighted by atomic mass is 10.0. The largest absolute Gasteiger partial charge is 0.398 e. The Morgan fingerprint density at radius 3 is 1.80 bits per heavy atom. The highest BCUT2D eigenvalue weighted by Crippen LogP contribution is 2.24. The Kier molecular flexibility index (Phi) is 4.03. The van der Waals surface area contributed by atoms with Crippen LogP contribution in [0.15, 0.2) is 24.3 Å². The second kappa shape index (κ2) is 5.58. The molecule has 106 valence electrons. The molecule has 2 rings (SSSR count). The van der Waals surface area contributed by atoms with Crippen molar-refractivity contribution in [3.8, 4) is 0 Å². The van der Waals surface area contributed by atoms with Crippen LogP contribution in [0.1, 0.15) is 33.4 Å². The second-order valence-corrected chi connectivity index (χ2v) is 5.77. The molecular weight excluding hydrogens is 244 g/mol. The average molecular weight is 268 g/mol. The van der Waals surface area contributed by atoms with E-state index in [1.165, 1.54) is 27.9 Å². The molecule has 0 bridgehead atoms. The van der Waals surface area contributed by atoms with Crippen LogP contribution >= 0.6 is 0 Å². The lowest BCUT2D eigenvalue weighted by Gasteiger charge is -2.15. The molecule has 20 heavy (non-hydrogen) atoms. The lowest BCUT2D eigenvalue weighted by Crippen LogP contribution is -2.05. The highest BCUT2D eigenvalue weighted by atomic mass is 14.9. The van der Waals surface area contributed by atoms with E-state index in [9.17, 15) is 0 Å². The maximum absolute atomic E-state index is 6.00. The van der Waals surface area contributed by atoms with E-state index in [0.717, 1.165) is 23.4 Å². The van der Waals surface area contributed by atoms with Crippen molar-refractivity contribution in [3.63, 3.8) is 0 Å². The molecule has 0 saturated carbocycles. The van der Waals surface area contributed by atoms with Crippen LogP contribution < -0.4 is 11.1 Å². The Morgan fingerprint density at radius 2 is 1.30 bits per heavy atom. The van der Waals surface area contributed by atoms with Crippen LogP contribution in [0.5, 0.6) is 0 Å². The summed E-state index contributed by atoms with van der Waals surface area (Å²) >= 11 is 0. The van der Waals surface area contributed by atoms with Crippen LogP contribution in [0, 0.1) is 34.6 Å². The Labute approximate surface area is 122 Å². The number of nitrogen functional groups attached to an aromatic ring is 1. The fraction of sp³-hybridized carbons (Fsp3) is 0.333. The van der Waals surface area contributed by atoms with Crippen LogP contribution in [-0.2, 0) is 6.54 Å². The molecule has 2 aromatic rings. The lowest BCUT2D eigenvalue weighted by molar-refractivity contribution is 1.11. The van der Waals surface area contributed by atoms with E-state index in [1.54, 1.807) is 0 Å². The predicted octanol–water partition coefficient (Wildman–Crippen LogP) is 4.42. The number of hydrogen-bond donors (Lipinski definition) is 2. The number of rotatable bonds is 3. The van der Waals surface area contributed by atoms with Gasteiger partial charge in [-0.1, -0.05) is 29.8 Å². The van der Waals surface area contributed by atoms with Gasteiger partial charge in [0.2, 0.25) is 0 Å². The minimum absolute atomic E-state index is 0.826. The van der Waals surface area contributed by atoms with Crippen LogP contribution in [0.2, 0.25) is 0 Å². The van der Waals surface area contributed by atoms with Gasteiger partial charge >= 0.3 is 0 Å². The topological polar surface area (TPSA) is 38.0 Å². The summed E-state index contributed by atoms with van der Waals surface area (Å²) in [5, 5.41) is 3.56. The quantitative estimate of drug-likeness (QED) is 0.808. The molecule has 2 heteroatoms. The summed E-state index contributed by atoms with van der Waals surface area (Å²) in [6.45, 7) is 11.4. The number of aryl methyl sites for hydroxylation is 5. The first kappa shape index (κ1) is 14.4. The van der Waals surface area contributed by atoms with Crippen LogP contribution in [0.3, 0.4) is 0 Å². The minimum Gasteiger partial charge on any atom is -0.398 e. The van der Waals surface area contributed by atoms with Gasteiger partial charge in [-0.3, -0.25) is 0 Å². The fourth-order valence-electron chi connectivity index (χ4n) is 2.82. The van der Waals surface area contributed by atoms with E-state index in [0.29, 0.717) is 0 Å². The first-order chi connectivity index (χ1) is 9.38. The zero-order valence-electron chi connectivity index (χ0n) is 13.1. The van der Waals surface area contributed by atoms with E-state index in [4.69, 9.17) is 5.73 Å². The molecule has 0 heterocycles. The Balaban J connectivity index is 2.21. The highest BCUT2D eigenvalue weighted by molar-refractivity contribution is 5.59. The van der Waals surface area contributed by atoms with Crippen molar-refractivity contribution in [1.82, 2.24) is 0 Å². The van der Waals surface area contributed by atoms with Gasteiger partial charge in [-0.15, -0.1) is 0 Å². The van der Waals surface area contributed by atoms with Gasteiger partial charge in [0.05, 0.1) is 0 Å². The van der Waals surface area contributed by atoms with Gasteiger partial charge in [-0.25, -0.2) is 0 Å². The second-order valence-electron chi connectivity index (χ2n) is 5.77. The summed E-state index contributed by atoms with van der Waals surface area (Å²) in [5.74, 6) is 0. The van der Waals surface area contributed by atoms with Crippen LogP contribution in [0.4, 0.5) is 11.4 Å². The highest BCUT2D eigenvalue weighted by Gasteiger charge is 2.05. The number of nitrogens with two attached hydrogens (primary N) is 1. The average Bonchev–Trinajstić information content (AvgIpc) is 2.34. The molecule has 0 atom stereocenters. The van der Waals surface area contributed by atoms with Crippen molar-refractivity contribution in [1.29, 1.82) is 0 Å². The monoisotopic (exact) mass is 268 g/mol. The smallest absolute Gasteiger partial charge is 0.0402 e. The van der Waals surface area contributed by atoms with Gasteiger partial charge in [-0.05, 0) is 62.4 Å². The molecule has 0 aliphatic rings. The zero-order chi connectivity index (χ0) is 14.9. The molecule has 0 aliphatic carbocycles. The van der Waals surface area contributed by atoms with Gasteiger partial charge in [0.15, 0.2) is 0 Å². The maximum atomic E-state index is 6.00. The van der Waals surface area contributed by atoms with Crippen molar-refractivity contribution in [2.75, 3.05) is 11.1 Å². The molecule has 0 saturated heterocycles. The molecule has 0 amide bonds. The third-order valence-electron chi connectivity index (χ3n) is 3.80. The molecule has 0 fully saturated rings. The molecule has 0 radical (unpaired) electrons. The first-order valence-electron chi connectivity index (χ1n) is 7.06. The van der Waals surface area contributed by atoms with E-state index >= 15 is 0 Å². The van der Waals surface area contributed by atoms with Gasteiger partial charge in [0.1, 0.15) is 0 Å². The zero-order valence-corrected chi connectivity index (χ0v) is 13.1. The summed E-state index contributed by atoms with van der Waals surface area (Å²) in [6.07, 6.45) is 0. The molecule has 0 aliphatic heterocycles. The Bertz CT molecular complexity index is 596. The van der Waals surface area contributed by atoms with Gasteiger partial charge in [0, 0.05) is 17.9 Å². The molecule has 2 aromatic carbocycles. The standard InChI is InChI=1S/C18H24N2/c1-11-6-14(4)18(15(5)7-11)20-10-16-8-12(2)17(19)13(3)9-16/h6-9,20H,10,19H2,1-5H3. The van der Waals surface area contributed by atoms with E-state index in [2.05, 4.69) is 64.2 Å². The fourth-order valence-corrected chi connectivity index (χ4v) is 2.82. The third kappa shape index (κ3) is 2.96. The van der Waals surface area contributed by atoms with Crippen molar-refractivity contribution in [2.45, 2.75) is 41.2 Å². The SMILES string of the molecule is Cc1cc(C)c(NCc2cc(C)c(N)c(C)c2)c(C)c1. The van der Waals surface area contributed by atoms with Gasteiger partial charge in [0.25, 0.3) is 0 Å². The number of anilines is 2. The molecule has 0 spiro atoms. The summed E-state index contributed by atoms with van der Waals surface area (Å²) in [6, 6.07) is 8.76. The molecular formula is C18H24N2. The summed E-state index contributed by atoms with van der Waals surface area (Å²) in [5.41, 5.74) is 15.6. The van der Waals surface area contributed by atoms with E-state index in [1.807, 2.05) is 0 Å². The maximum Gasteiger partial charge on any atom is 0.0402 e. The molecule has 3 N–H and O–H groups in total. The third-order valence-corrected chi connectivity index (χ3v) is 3.80.